The van der Waals surface area contributed by atoms with Crippen LogP contribution >= 0.6 is 0 Å². The summed E-state index contributed by atoms with van der Waals surface area (Å²) in [6, 6.07) is 7.81. The van der Waals surface area contributed by atoms with Gasteiger partial charge in [-0.05, 0) is 62.5 Å². The summed E-state index contributed by atoms with van der Waals surface area (Å²) >= 11 is 0. The van der Waals surface area contributed by atoms with Crippen molar-refractivity contribution in [2.24, 2.45) is 0 Å². The zero-order valence-corrected chi connectivity index (χ0v) is 13.6. The lowest BCUT2D eigenvalue weighted by atomic mass is 10.1. The molecular weight excluding hydrogens is 258 g/mol. The van der Waals surface area contributed by atoms with E-state index in [4.69, 9.17) is 0 Å². The van der Waals surface area contributed by atoms with E-state index >= 15 is 0 Å². The molecule has 2 fully saturated rings. The Kier molecular flexibility index (Phi) is 4.81. The molecule has 0 bridgehead atoms. The van der Waals surface area contributed by atoms with Gasteiger partial charge < -0.3 is 10.2 Å². The lowest BCUT2D eigenvalue weighted by Gasteiger charge is -2.28. The van der Waals surface area contributed by atoms with Crippen LogP contribution in [0.1, 0.15) is 37.3 Å². The molecule has 2 aliphatic heterocycles. The number of hydrogen-bond acceptors (Lipinski definition) is 3. The van der Waals surface area contributed by atoms with Crippen LogP contribution in [0.25, 0.3) is 0 Å². The Balaban J connectivity index is 1.72. The van der Waals surface area contributed by atoms with Crippen molar-refractivity contribution < 1.29 is 0 Å². The third kappa shape index (κ3) is 3.41. The summed E-state index contributed by atoms with van der Waals surface area (Å²) in [7, 11) is 0. The number of fused-ring (bicyclic) bond motifs is 1. The van der Waals surface area contributed by atoms with Crippen LogP contribution in [0.4, 0.5) is 5.69 Å². The summed E-state index contributed by atoms with van der Waals surface area (Å²) in [6.07, 6.45) is 4.07. The number of rotatable bonds is 4. The van der Waals surface area contributed by atoms with Crippen LogP contribution in [0, 0.1) is 6.92 Å². The van der Waals surface area contributed by atoms with Crippen LogP contribution in [-0.4, -0.2) is 43.7 Å². The van der Waals surface area contributed by atoms with E-state index < -0.39 is 0 Å². The van der Waals surface area contributed by atoms with Gasteiger partial charge in [0.1, 0.15) is 0 Å². The van der Waals surface area contributed by atoms with Crippen LogP contribution in [0.3, 0.4) is 0 Å². The summed E-state index contributed by atoms with van der Waals surface area (Å²) in [5.41, 5.74) is 4.26. The molecule has 0 aromatic heterocycles. The Morgan fingerprint density at radius 1 is 1.19 bits per heavy atom. The number of anilines is 1. The van der Waals surface area contributed by atoms with Crippen molar-refractivity contribution >= 4 is 5.69 Å². The highest BCUT2D eigenvalue weighted by molar-refractivity contribution is 5.51. The Morgan fingerprint density at radius 3 is 2.86 bits per heavy atom. The van der Waals surface area contributed by atoms with E-state index in [0.29, 0.717) is 0 Å². The molecule has 3 rings (SSSR count). The number of nitrogens with zero attached hydrogens (tertiary/aromatic N) is 2. The zero-order chi connectivity index (χ0) is 14.7. The normalized spacial score (nSPS) is 23.1. The predicted octanol–water partition coefficient (Wildman–Crippen LogP) is 2.78. The van der Waals surface area contributed by atoms with Gasteiger partial charge in [0.25, 0.3) is 0 Å². The van der Waals surface area contributed by atoms with Crippen molar-refractivity contribution in [2.75, 3.05) is 37.6 Å². The van der Waals surface area contributed by atoms with E-state index in [1.54, 1.807) is 0 Å². The molecule has 1 atom stereocenters. The van der Waals surface area contributed by atoms with Gasteiger partial charge >= 0.3 is 0 Å². The minimum atomic E-state index is 0.786. The quantitative estimate of drug-likeness (QED) is 0.918. The van der Waals surface area contributed by atoms with E-state index in [1.165, 1.54) is 62.3 Å². The highest BCUT2D eigenvalue weighted by atomic mass is 15.3. The standard InChI is InChI=1S/C18H29N3/c1-3-19-13-16-7-8-17(12-15(16)2)21-11-5-10-20-9-4-6-18(20)14-21/h7-8,12,18-19H,3-6,9-11,13-14H2,1-2H3. The van der Waals surface area contributed by atoms with Gasteiger partial charge in [0, 0.05) is 37.9 Å². The molecule has 0 spiro atoms. The van der Waals surface area contributed by atoms with Crippen molar-refractivity contribution in [3.05, 3.63) is 29.3 Å². The monoisotopic (exact) mass is 287 g/mol. The molecule has 2 heterocycles. The first-order valence-corrected chi connectivity index (χ1v) is 8.57. The van der Waals surface area contributed by atoms with Crippen LogP contribution in [0.2, 0.25) is 0 Å². The second-order valence-electron chi connectivity index (χ2n) is 6.52. The molecule has 2 aliphatic rings. The maximum atomic E-state index is 3.42. The van der Waals surface area contributed by atoms with E-state index in [1.807, 2.05) is 0 Å². The Labute approximate surface area is 129 Å². The summed E-state index contributed by atoms with van der Waals surface area (Å²) < 4.78 is 0. The van der Waals surface area contributed by atoms with Crippen LogP contribution in [-0.2, 0) is 6.54 Å². The third-order valence-corrected chi connectivity index (χ3v) is 5.06. The molecule has 116 valence electrons. The van der Waals surface area contributed by atoms with Crippen molar-refractivity contribution in [3.63, 3.8) is 0 Å². The molecule has 0 aliphatic carbocycles. The van der Waals surface area contributed by atoms with E-state index in [2.05, 4.69) is 47.2 Å². The fourth-order valence-electron chi connectivity index (χ4n) is 3.78. The molecule has 1 aromatic rings. The number of hydrogen-bond donors (Lipinski definition) is 1. The van der Waals surface area contributed by atoms with Gasteiger partial charge in [0.15, 0.2) is 0 Å². The Morgan fingerprint density at radius 2 is 2.05 bits per heavy atom. The minimum absolute atomic E-state index is 0.786. The van der Waals surface area contributed by atoms with Crippen molar-refractivity contribution in [1.29, 1.82) is 0 Å². The average molecular weight is 287 g/mol. The Hall–Kier alpha value is -1.06. The van der Waals surface area contributed by atoms with Crippen molar-refractivity contribution in [1.82, 2.24) is 10.2 Å². The van der Waals surface area contributed by atoms with Gasteiger partial charge in [0.05, 0.1) is 0 Å². The molecule has 1 aromatic carbocycles. The van der Waals surface area contributed by atoms with Crippen molar-refractivity contribution in [2.45, 2.75) is 45.7 Å². The lowest BCUT2D eigenvalue weighted by molar-refractivity contribution is 0.273. The van der Waals surface area contributed by atoms with Gasteiger partial charge in [-0.2, -0.15) is 0 Å². The number of aryl methyl sites for hydroxylation is 1. The van der Waals surface area contributed by atoms with E-state index in [0.717, 1.165) is 19.1 Å². The molecule has 0 radical (unpaired) electrons. The van der Waals surface area contributed by atoms with Gasteiger partial charge in [-0.3, -0.25) is 4.90 Å². The maximum absolute atomic E-state index is 3.42. The van der Waals surface area contributed by atoms with E-state index in [-0.39, 0.29) is 0 Å². The first kappa shape index (κ1) is 14.9. The van der Waals surface area contributed by atoms with Crippen molar-refractivity contribution in [3.8, 4) is 0 Å². The van der Waals surface area contributed by atoms with Gasteiger partial charge in [-0.25, -0.2) is 0 Å². The SMILES string of the molecule is CCNCc1ccc(N2CCCN3CCCC3C2)cc1C. The topological polar surface area (TPSA) is 18.5 Å². The molecule has 2 saturated heterocycles. The molecule has 3 heteroatoms. The highest BCUT2D eigenvalue weighted by Crippen LogP contribution is 2.26. The third-order valence-electron chi connectivity index (χ3n) is 5.06. The Bertz CT molecular complexity index is 472. The zero-order valence-electron chi connectivity index (χ0n) is 13.6. The smallest absolute Gasteiger partial charge is 0.0369 e. The van der Waals surface area contributed by atoms with Crippen LogP contribution in [0.5, 0.6) is 0 Å². The first-order valence-electron chi connectivity index (χ1n) is 8.57. The first-order chi connectivity index (χ1) is 10.3. The average Bonchev–Trinajstić information content (AvgIpc) is 2.83. The molecule has 21 heavy (non-hydrogen) atoms. The molecular formula is C18H29N3. The maximum Gasteiger partial charge on any atom is 0.0369 e. The second-order valence-corrected chi connectivity index (χ2v) is 6.52. The summed E-state index contributed by atoms with van der Waals surface area (Å²) in [5, 5.41) is 3.42. The molecule has 1 unspecified atom stereocenters. The number of benzene rings is 1. The van der Waals surface area contributed by atoms with Gasteiger partial charge in [-0.1, -0.05) is 13.0 Å². The van der Waals surface area contributed by atoms with Gasteiger partial charge in [-0.15, -0.1) is 0 Å². The van der Waals surface area contributed by atoms with Crippen LogP contribution in [0.15, 0.2) is 18.2 Å². The fourth-order valence-corrected chi connectivity index (χ4v) is 3.78. The largest absolute Gasteiger partial charge is 0.370 e. The second kappa shape index (κ2) is 6.80. The van der Waals surface area contributed by atoms with E-state index in [9.17, 15) is 0 Å². The molecule has 3 nitrogen and oxygen atoms in total. The lowest BCUT2D eigenvalue weighted by Crippen LogP contribution is -2.36. The van der Waals surface area contributed by atoms with Crippen LogP contribution < -0.4 is 10.2 Å². The fraction of sp³-hybridized carbons (Fsp3) is 0.667. The predicted molar refractivity (Wildman–Crippen MR) is 90.0 cm³/mol. The molecule has 0 saturated carbocycles. The number of nitrogens with one attached hydrogen (secondary N) is 1. The summed E-state index contributed by atoms with van der Waals surface area (Å²) in [6.45, 7) is 11.5. The minimum Gasteiger partial charge on any atom is -0.370 e. The highest BCUT2D eigenvalue weighted by Gasteiger charge is 2.28. The van der Waals surface area contributed by atoms with Gasteiger partial charge in [0.2, 0.25) is 0 Å². The summed E-state index contributed by atoms with van der Waals surface area (Å²) in [5.74, 6) is 0. The molecule has 0 amide bonds. The summed E-state index contributed by atoms with van der Waals surface area (Å²) in [4.78, 5) is 5.31. The molecule has 1 N–H and O–H groups in total.